The van der Waals surface area contributed by atoms with Crippen molar-refractivity contribution in [3.8, 4) is 11.1 Å². The third-order valence-electron chi connectivity index (χ3n) is 6.78. The first-order valence-corrected chi connectivity index (χ1v) is 11.9. The summed E-state index contributed by atoms with van der Waals surface area (Å²) in [6, 6.07) is 28.5. The number of benzene rings is 3. The van der Waals surface area contributed by atoms with Gasteiger partial charge >= 0.3 is 0 Å². The summed E-state index contributed by atoms with van der Waals surface area (Å²) in [5.41, 5.74) is 5.15. The number of rotatable bonds is 12. The maximum Gasteiger partial charge on any atom is 0.293 e. The van der Waals surface area contributed by atoms with E-state index in [1.165, 1.54) is 5.56 Å². The summed E-state index contributed by atoms with van der Waals surface area (Å²) in [4.78, 5) is 22.0. The fraction of sp³-hybridized carbons (Fsp3) is 0.200. The molecule has 3 unspecified atom stereocenters. The highest BCUT2D eigenvalue weighted by Gasteiger charge is 2.53. The van der Waals surface area contributed by atoms with Crippen molar-refractivity contribution in [3.63, 3.8) is 0 Å². The van der Waals surface area contributed by atoms with Crippen LogP contribution in [0, 0.1) is 0 Å². The Balaban J connectivity index is 1.49. The third kappa shape index (κ3) is 4.68. The molecule has 0 amide bonds. The average Bonchev–Trinajstić information content (AvgIpc) is 3.50. The van der Waals surface area contributed by atoms with Crippen LogP contribution in [0.4, 0.5) is 5.69 Å². The van der Waals surface area contributed by atoms with Gasteiger partial charge in [-0.1, -0.05) is 78.9 Å². The Morgan fingerprint density at radius 3 is 2.17 bits per heavy atom. The molecule has 182 valence electrons. The zero-order valence-electron chi connectivity index (χ0n) is 19.7. The van der Waals surface area contributed by atoms with Crippen molar-refractivity contribution < 1.29 is 23.8 Å². The predicted octanol–water partition coefficient (Wildman–Crippen LogP) is 4.73. The Labute approximate surface area is 210 Å². The SMILES string of the molecule is O=COCC1=C(COC=O)C2(C(Cc3ccc(-c4ccccc4)cc3)Nc3ccccc3)C=CC1O2. The van der Waals surface area contributed by atoms with Crippen LogP contribution in [-0.4, -0.2) is 43.9 Å². The minimum atomic E-state index is -0.858. The molecule has 2 aliphatic rings. The lowest BCUT2D eigenvalue weighted by molar-refractivity contribution is -0.129. The van der Waals surface area contributed by atoms with Crippen molar-refractivity contribution in [2.45, 2.75) is 24.2 Å². The van der Waals surface area contributed by atoms with E-state index in [2.05, 4.69) is 41.7 Å². The maximum absolute atomic E-state index is 11.1. The van der Waals surface area contributed by atoms with Crippen molar-refractivity contribution in [1.82, 2.24) is 0 Å². The number of hydrogen-bond donors (Lipinski definition) is 1. The van der Waals surface area contributed by atoms with E-state index in [1.807, 2.05) is 60.7 Å². The van der Waals surface area contributed by atoms with Crippen LogP contribution in [0.15, 0.2) is 108 Å². The molecule has 0 spiro atoms. The fourth-order valence-electron chi connectivity index (χ4n) is 5.07. The molecule has 6 heteroatoms. The van der Waals surface area contributed by atoms with Gasteiger partial charge in [0.2, 0.25) is 0 Å². The first-order valence-electron chi connectivity index (χ1n) is 11.9. The molecule has 3 aromatic carbocycles. The summed E-state index contributed by atoms with van der Waals surface area (Å²) in [5.74, 6) is 0. The zero-order valence-corrected chi connectivity index (χ0v) is 19.7. The summed E-state index contributed by atoms with van der Waals surface area (Å²) in [5, 5.41) is 3.65. The van der Waals surface area contributed by atoms with E-state index < -0.39 is 5.60 Å². The van der Waals surface area contributed by atoms with Gasteiger partial charge in [-0.15, -0.1) is 0 Å². The Kier molecular flexibility index (Phi) is 6.96. The summed E-state index contributed by atoms with van der Waals surface area (Å²) in [7, 11) is 0. The second-order valence-electron chi connectivity index (χ2n) is 8.84. The van der Waals surface area contributed by atoms with Crippen molar-refractivity contribution in [2.75, 3.05) is 18.5 Å². The lowest BCUT2D eigenvalue weighted by Crippen LogP contribution is -2.48. The quantitative estimate of drug-likeness (QED) is 0.298. The fourth-order valence-corrected chi connectivity index (χ4v) is 5.07. The molecule has 2 heterocycles. The number of fused-ring (bicyclic) bond motifs is 2. The lowest BCUT2D eigenvalue weighted by atomic mass is 9.79. The molecular formula is C30H27NO5. The van der Waals surface area contributed by atoms with E-state index in [9.17, 15) is 9.59 Å². The molecule has 0 saturated heterocycles. The van der Waals surface area contributed by atoms with Gasteiger partial charge in [0.15, 0.2) is 0 Å². The topological polar surface area (TPSA) is 73.9 Å². The highest BCUT2D eigenvalue weighted by atomic mass is 16.5. The highest BCUT2D eigenvalue weighted by molar-refractivity contribution is 5.63. The van der Waals surface area contributed by atoms with E-state index >= 15 is 0 Å². The summed E-state index contributed by atoms with van der Waals surface area (Å²) in [6.07, 6.45) is 4.32. The number of carbonyl (C=O) groups is 2. The van der Waals surface area contributed by atoms with Crippen LogP contribution in [0.1, 0.15) is 5.56 Å². The molecule has 6 nitrogen and oxygen atoms in total. The van der Waals surface area contributed by atoms with E-state index in [0.29, 0.717) is 19.4 Å². The molecule has 3 aromatic rings. The van der Waals surface area contributed by atoms with Crippen molar-refractivity contribution in [1.29, 1.82) is 0 Å². The second-order valence-corrected chi connectivity index (χ2v) is 8.84. The Hall–Kier alpha value is -4.16. The molecule has 36 heavy (non-hydrogen) atoms. The van der Waals surface area contributed by atoms with Gasteiger partial charge in [0, 0.05) is 16.8 Å². The van der Waals surface area contributed by atoms with Crippen molar-refractivity contribution >= 4 is 18.6 Å². The smallest absolute Gasteiger partial charge is 0.293 e. The highest BCUT2D eigenvalue weighted by Crippen LogP contribution is 2.47. The van der Waals surface area contributed by atoms with Gasteiger partial charge in [0.05, 0.1) is 6.04 Å². The molecule has 0 aromatic heterocycles. The predicted molar refractivity (Wildman–Crippen MR) is 137 cm³/mol. The van der Waals surface area contributed by atoms with E-state index in [0.717, 1.165) is 28.0 Å². The molecule has 2 aliphatic heterocycles. The minimum absolute atomic E-state index is 0.0573. The number of para-hydroxylation sites is 1. The number of nitrogens with one attached hydrogen (secondary N) is 1. The number of anilines is 1. The Bertz CT molecular complexity index is 1250. The molecule has 3 atom stereocenters. The van der Waals surface area contributed by atoms with Crippen molar-refractivity contribution in [2.24, 2.45) is 0 Å². The van der Waals surface area contributed by atoms with Gasteiger partial charge in [0.25, 0.3) is 12.9 Å². The van der Waals surface area contributed by atoms with Crippen LogP contribution in [-0.2, 0) is 30.2 Å². The van der Waals surface area contributed by atoms with Crippen LogP contribution in [0.25, 0.3) is 11.1 Å². The van der Waals surface area contributed by atoms with Crippen LogP contribution < -0.4 is 5.32 Å². The molecule has 1 N–H and O–H groups in total. The van der Waals surface area contributed by atoms with Crippen molar-refractivity contribution in [3.05, 3.63) is 114 Å². The van der Waals surface area contributed by atoms with Crippen LogP contribution in [0.2, 0.25) is 0 Å². The molecule has 2 bridgehead atoms. The Morgan fingerprint density at radius 1 is 0.833 bits per heavy atom. The van der Waals surface area contributed by atoms with Crippen LogP contribution in [0.5, 0.6) is 0 Å². The van der Waals surface area contributed by atoms with Gasteiger partial charge in [-0.2, -0.15) is 0 Å². The van der Waals surface area contributed by atoms with E-state index in [-0.39, 0.29) is 25.4 Å². The average molecular weight is 482 g/mol. The summed E-state index contributed by atoms with van der Waals surface area (Å²) in [6.45, 7) is 0.988. The van der Waals surface area contributed by atoms with Gasteiger partial charge < -0.3 is 19.5 Å². The molecular weight excluding hydrogens is 454 g/mol. The molecule has 0 radical (unpaired) electrons. The number of carbonyl (C=O) groups excluding carboxylic acids is 2. The normalized spacial score (nSPS) is 20.7. The van der Waals surface area contributed by atoms with Crippen LogP contribution >= 0.6 is 0 Å². The number of hydrogen-bond acceptors (Lipinski definition) is 6. The third-order valence-corrected chi connectivity index (χ3v) is 6.78. The largest absolute Gasteiger partial charge is 0.463 e. The van der Waals surface area contributed by atoms with Gasteiger partial charge in [-0.05, 0) is 41.3 Å². The maximum atomic E-state index is 11.1. The summed E-state index contributed by atoms with van der Waals surface area (Å²) >= 11 is 0. The molecule has 0 fully saturated rings. The first kappa shape index (κ1) is 23.6. The van der Waals surface area contributed by atoms with Gasteiger partial charge in [-0.25, -0.2) is 0 Å². The summed E-state index contributed by atoms with van der Waals surface area (Å²) < 4.78 is 16.8. The first-order chi connectivity index (χ1) is 17.7. The number of ether oxygens (including phenoxy) is 3. The zero-order chi connectivity index (χ0) is 24.8. The molecule has 0 saturated carbocycles. The monoisotopic (exact) mass is 481 g/mol. The van der Waals surface area contributed by atoms with Gasteiger partial charge in [-0.3, -0.25) is 9.59 Å². The Morgan fingerprint density at radius 2 is 1.47 bits per heavy atom. The second kappa shape index (κ2) is 10.6. The lowest BCUT2D eigenvalue weighted by Gasteiger charge is -2.37. The van der Waals surface area contributed by atoms with E-state index in [1.54, 1.807) is 0 Å². The van der Waals surface area contributed by atoms with Gasteiger partial charge in [0.1, 0.15) is 24.9 Å². The minimum Gasteiger partial charge on any atom is -0.463 e. The standard InChI is InChI=1S/C30H27NO5/c32-20-34-18-26-27(19-35-21-33)30(16-15-28(26)36-30)29(31-25-9-5-2-6-10-25)17-22-11-13-24(14-12-22)23-7-3-1-4-8-23/h1-16,20-21,28-29,31H,17-19H2. The van der Waals surface area contributed by atoms with E-state index in [4.69, 9.17) is 14.2 Å². The molecule has 5 rings (SSSR count). The molecule has 0 aliphatic carbocycles. The van der Waals surface area contributed by atoms with Crippen LogP contribution in [0.3, 0.4) is 0 Å².